The Hall–Kier alpha value is -3.19. The van der Waals surface area contributed by atoms with Gasteiger partial charge < -0.3 is 20.7 Å². The molecule has 0 aliphatic heterocycles. The largest absolute Gasteiger partial charge is 0.378 e. The average molecular weight is 506 g/mol. The number of methoxy groups -OCH3 is 1. The standard InChI is InChI=1S/C30H39N3O4/c1-37-26-19-11-12-20-30(26,33-27(34)23-15-7-3-8-16-23)29(36)32-25(21-22-13-5-2-6-14-22)28(35)31-24-17-9-4-10-18-24/h2-3,5-8,13-16,24-26H,4,9-12,17-21H2,1H3,(H,31,35)(H,32,36)(H,33,34)/t25-,26-,30-/m0/s1. The van der Waals surface area contributed by atoms with Gasteiger partial charge in [0.25, 0.3) is 5.91 Å². The van der Waals surface area contributed by atoms with Gasteiger partial charge in [0.05, 0.1) is 6.10 Å². The van der Waals surface area contributed by atoms with Crippen LogP contribution < -0.4 is 16.0 Å². The molecule has 198 valence electrons. The topological polar surface area (TPSA) is 96.5 Å². The Balaban J connectivity index is 1.58. The molecule has 0 aromatic heterocycles. The maximum atomic E-state index is 14.1. The third-order valence-corrected chi connectivity index (χ3v) is 7.76. The van der Waals surface area contributed by atoms with Crippen molar-refractivity contribution in [1.29, 1.82) is 0 Å². The molecule has 37 heavy (non-hydrogen) atoms. The molecule has 2 fully saturated rings. The molecule has 0 saturated heterocycles. The number of amides is 3. The van der Waals surface area contributed by atoms with Crippen molar-refractivity contribution >= 4 is 17.7 Å². The van der Waals surface area contributed by atoms with E-state index in [1.54, 1.807) is 31.4 Å². The van der Waals surface area contributed by atoms with E-state index < -0.39 is 17.7 Å². The second-order valence-electron chi connectivity index (χ2n) is 10.3. The van der Waals surface area contributed by atoms with Crippen LogP contribution in [0.5, 0.6) is 0 Å². The number of benzene rings is 2. The summed E-state index contributed by atoms with van der Waals surface area (Å²) in [6.45, 7) is 0. The lowest BCUT2D eigenvalue weighted by molar-refractivity contribution is -0.139. The van der Waals surface area contributed by atoms with Crippen LogP contribution in [-0.4, -0.2) is 48.6 Å². The Morgan fingerprint density at radius 2 is 1.54 bits per heavy atom. The summed E-state index contributed by atoms with van der Waals surface area (Å²) in [6.07, 6.45) is 7.97. The van der Waals surface area contributed by atoms with E-state index >= 15 is 0 Å². The molecular formula is C30H39N3O4. The highest BCUT2D eigenvalue weighted by atomic mass is 16.5. The molecule has 3 amide bonds. The van der Waals surface area contributed by atoms with E-state index in [1.807, 2.05) is 36.4 Å². The fourth-order valence-electron chi connectivity index (χ4n) is 5.68. The summed E-state index contributed by atoms with van der Waals surface area (Å²) in [6, 6.07) is 17.9. The van der Waals surface area contributed by atoms with Crippen LogP contribution in [0.25, 0.3) is 0 Å². The molecule has 7 heteroatoms. The highest BCUT2D eigenvalue weighted by molar-refractivity contribution is 6.00. The van der Waals surface area contributed by atoms with Gasteiger partial charge in [-0.1, -0.05) is 80.6 Å². The van der Waals surface area contributed by atoms with Gasteiger partial charge in [-0.05, 0) is 43.4 Å². The molecule has 0 spiro atoms. The van der Waals surface area contributed by atoms with Crippen LogP contribution in [0.2, 0.25) is 0 Å². The Morgan fingerprint density at radius 1 is 0.892 bits per heavy atom. The second kappa shape index (κ2) is 12.9. The third kappa shape index (κ3) is 6.77. The lowest BCUT2D eigenvalue weighted by Crippen LogP contribution is -2.68. The van der Waals surface area contributed by atoms with Crippen LogP contribution in [0.4, 0.5) is 0 Å². The van der Waals surface area contributed by atoms with Crippen molar-refractivity contribution in [3.63, 3.8) is 0 Å². The molecule has 0 heterocycles. The summed E-state index contributed by atoms with van der Waals surface area (Å²) < 4.78 is 5.77. The summed E-state index contributed by atoms with van der Waals surface area (Å²) in [4.78, 5) is 40.8. The molecule has 3 atom stereocenters. The highest BCUT2D eigenvalue weighted by Crippen LogP contribution is 2.32. The normalized spacial score (nSPS) is 23.0. The molecule has 2 aromatic rings. The van der Waals surface area contributed by atoms with Crippen molar-refractivity contribution in [3.05, 3.63) is 71.8 Å². The van der Waals surface area contributed by atoms with Crippen LogP contribution >= 0.6 is 0 Å². The number of hydrogen-bond donors (Lipinski definition) is 3. The zero-order valence-electron chi connectivity index (χ0n) is 21.7. The maximum absolute atomic E-state index is 14.1. The summed E-state index contributed by atoms with van der Waals surface area (Å²) in [5.41, 5.74) is 0.173. The Bertz CT molecular complexity index is 1040. The monoisotopic (exact) mass is 505 g/mol. The SMILES string of the molecule is CO[C@H]1CCCC[C@@]1(NC(=O)c1ccccc1)C(=O)N[C@@H](Cc1ccccc1)C(=O)NC1CCCCC1. The van der Waals surface area contributed by atoms with Gasteiger partial charge in [0.1, 0.15) is 11.6 Å². The van der Waals surface area contributed by atoms with Crippen LogP contribution in [0.3, 0.4) is 0 Å². The first-order chi connectivity index (χ1) is 18.0. The molecule has 2 aromatic carbocycles. The van der Waals surface area contributed by atoms with E-state index in [0.29, 0.717) is 24.8 Å². The molecule has 0 radical (unpaired) electrons. The van der Waals surface area contributed by atoms with Crippen molar-refractivity contribution in [2.75, 3.05) is 7.11 Å². The molecule has 3 N–H and O–H groups in total. The number of carbonyl (C=O) groups excluding carboxylic acids is 3. The lowest BCUT2D eigenvalue weighted by atomic mass is 9.77. The molecule has 2 aliphatic rings. The zero-order valence-corrected chi connectivity index (χ0v) is 21.7. The summed E-state index contributed by atoms with van der Waals surface area (Å²) >= 11 is 0. The van der Waals surface area contributed by atoms with Gasteiger partial charge in [0.2, 0.25) is 11.8 Å². The molecule has 0 bridgehead atoms. The second-order valence-corrected chi connectivity index (χ2v) is 10.3. The van der Waals surface area contributed by atoms with Gasteiger partial charge in [-0.25, -0.2) is 0 Å². The highest BCUT2D eigenvalue weighted by Gasteiger charge is 2.49. The minimum Gasteiger partial charge on any atom is -0.378 e. The van der Waals surface area contributed by atoms with Gasteiger partial charge in [0.15, 0.2) is 0 Å². The first-order valence-corrected chi connectivity index (χ1v) is 13.6. The fourth-order valence-corrected chi connectivity index (χ4v) is 5.68. The Morgan fingerprint density at radius 3 is 2.22 bits per heavy atom. The van der Waals surface area contributed by atoms with Gasteiger partial charge in [-0.2, -0.15) is 0 Å². The fraction of sp³-hybridized carbons (Fsp3) is 0.500. The van der Waals surface area contributed by atoms with Crippen molar-refractivity contribution in [1.82, 2.24) is 16.0 Å². The van der Waals surface area contributed by atoms with E-state index in [4.69, 9.17) is 4.74 Å². The zero-order chi connectivity index (χ0) is 26.1. The Labute approximate surface area is 219 Å². The first-order valence-electron chi connectivity index (χ1n) is 13.6. The molecular weight excluding hydrogens is 466 g/mol. The minimum absolute atomic E-state index is 0.129. The van der Waals surface area contributed by atoms with Crippen molar-refractivity contribution < 1.29 is 19.1 Å². The van der Waals surface area contributed by atoms with Crippen molar-refractivity contribution in [2.24, 2.45) is 0 Å². The van der Waals surface area contributed by atoms with E-state index in [-0.39, 0.29) is 23.8 Å². The minimum atomic E-state index is -1.26. The quantitative estimate of drug-likeness (QED) is 0.481. The van der Waals surface area contributed by atoms with Gasteiger partial charge in [0, 0.05) is 25.1 Å². The number of rotatable bonds is 9. The van der Waals surface area contributed by atoms with Gasteiger partial charge >= 0.3 is 0 Å². The predicted octanol–water partition coefficient (Wildman–Crippen LogP) is 3.92. The average Bonchev–Trinajstić information content (AvgIpc) is 2.94. The van der Waals surface area contributed by atoms with Crippen molar-refractivity contribution in [3.8, 4) is 0 Å². The van der Waals surface area contributed by atoms with E-state index in [0.717, 1.165) is 44.1 Å². The molecule has 2 saturated carbocycles. The number of nitrogens with one attached hydrogen (secondary N) is 3. The maximum Gasteiger partial charge on any atom is 0.252 e. The smallest absolute Gasteiger partial charge is 0.252 e. The van der Waals surface area contributed by atoms with E-state index in [9.17, 15) is 14.4 Å². The van der Waals surface area contributed by atoms with E-state index in [1.165, 1.54) is 6.42 Å². The molecule has 0 unspecified atom stereocenters. The molecule has 2 aliphatic carbocycles. The van der Waals surface area contributed by atoms with Crippen molar-refractivity contribution in [2.45, 2.75) is 87.9 Å². The van der Waals surface area contributed by atoms with Crippen LogP contribution in [0.1, 0.15) is 73.7 Å². The Kier molecular flexibility index (Phi) is 9.34. The third-order valence-electron chi connectivity index (χ3n) is 7.76. The first kappa shape index (κ1) is 26.9. The van der Waals surface area contributed by atoms with Crippen LogP contribution in [0, 0.1) is 0 Å². The summed E-state index contributed by atoms with van der Waals surface area (Å²) in [5.74, 6) is -0.882. The number of hydrogen-bond acceptors (Lipinski definition) is 4. The number of carbonyl (C=O) groups is 3. The summed E-state index contributed by atoms with van der Waals surface area (Å²) in [7, 11) is 1.57. The lowest BCUT2D eigenvalue weighted by Gasteiger charge is -2.43. The molecule has 7 nitrogen and oxygen atoms in total. The summed E-state index contributed by atoms with van der Waals surface area (Å²) in [5, 5.41) is 9.25. The predicted molar refractivity (Wildman–Crippen MR) is 143 cm³/mol. The molecule has 4 rings (SSSR count). The van der Waals surface area contributed by atoms with Gasteiger partial charge in [-0.3, -0.25) is 14.4 Å². The van der Waals surface area contributed by atoms with E-state index in [2.05, 4.69) is 16.0 Å². The number of ether oxygens (including phenoxy) is 1. The van der Waals surface area contributed by atoms with Crippen LogP contribution in [-0.2, 0) is 20.7 Å². The van der Waals surface area contributed by atoms with Gasteiger partial charge in [-0.15, -0.1) is 0 Å². The van der Waals surface area contributed by atoms with Crippen LogP contribution in [0.15, 0.2) is 60.7 Å².